The third-order valence-electron chi connectivity index (χ3n) is 4.76. The van der Waals surface area contributed by atoms with E-state index < -0.39 is 14.9 Å². The molecule has 0 radical (unpaired) electrons. The molecule has 0 bridgehead atoms. The number of thiophene rings is 1. The lowest BCUT2D eigenvalue weighted by Crippen LogP contribution is -2.32. The van der Waals surface area contributed by atoms with Crippen LogP contribution in [0.25, 0.3) is 0 Å². The van der Waals surface area contributed by atoms with Crippen LogP contribution >= 0.6 is 11.3 Å². The van der Waals surface area contributed by atoms with Crippen molar-refractivity contribution in [3.05, 3.63) is 50.7 Å². The molecule has 0 unspecified atom stereocenters. The molecule has 2 aromatic rings. The zero-order valence-electron chi connectivity index (χ0n) is 15.2. The quantitative estimate of drug-likeness (QED) is 0.534. The van der Waals surface area contributed by atoms with Crippen LogP contribution in [0.1, 0.15) is 31.2 Å². The molecule has 1 aliphatic rings. The first kappa shape index (κ1) is 19.8. The van der Waals surface area contributed by atoms with Crippen molar-refractivity contribution >= 4 is 32.7 Å². The summed E-state index contributed by atoms with van der Waals surface area (Å²) in [5.74, 6) is 0. The molecule has 0 saturated carbocycles. The molecule has 0 spiro atoms. The third kappa shape index (κ3) is 4.48. The lowest BCUT2D eigenvalue weighted by Gasteiger charge is -2.22. The fourth-order valence-electron chi connectivity index (χ4n) is 3.31. The van der Waals surface area contributed by atoms with Crippen LogP contribution in [0.2, 0.25) is 0 Å². The first-order chi connectivity index (χ1) is 12.9. The predicted molar refractivity (Wildman–Crippen MR) is 107 cm³/mol. The molecule has 1 aromatic carbocycles. The smallest absolute Gasteiger partial charge is 0.293 e. The third-order valence-corrected chi connectivity index (χ3v) is 7.38. The number of anilines is 1. The van der Waals surface area contributed by atoms with Gasteiger partial charge in [-0.3, -0.25) is 10.1 Å². The SMILES string of the molecule is CN(Cc1ccsc1)c1ccc(S(=O)(=O)N2CCCCCC2)cc1[N+](=O)[O-]. The molecule has 3 rings (SSSR count). The van der Waals surface area contributed by atoms with Crippen LogP contribution in [0.5, 0.6) is 0 Å². The Morgan fingerprint density at radius 2 is 1.89 bits per heavy atom. The maximum absolute atomic E-state index is 12.9. The Morgan fingerprint density at radius 3 is 2.48 bits per heavy atom. The lowest BCUT2D eigenvalue weighted by atomic mass is 10.2. The molecule has 0 N–H and O–H groups in total. The Hall–Kier alpha value is -1.97. The number of rotatable bonds is 6. The Labute approximate surface area is 163 Å². The summed E-state index contributed by atoms with van der Waals surface area (Å²) < 4.78 is 27.3. The van der Waals surface area contributed by atoms with Crippen LogP contribution in [0.15, 0.2) is 39.9 Å². The fourth-order valence-corrected chi connectivity index (χ4v) is 5.50. The number of hydrogen-bond donors (Lipinski definition) is 0. The second-order valence-electron chi connectivity index (χ2n) is 6.71. The summed E-state index contributed by atoms with van der Waals surface area (Å²) in [6, 6.07) is 6.17. The van der Waals surface area contributed by atoms with Gasteiger partial charge in [0, 0.05) is 32.7 Å². The van der Waals surface area contributed by atoms with E-state index >= 15 is 0 Å². The van der Waals surface area contributed by atoms with E-state index in [9.17, 15) is 18.5 Å². The zero-order valence-corrected chi connectivity index (χ0v) is 16.8. The summed E-state index contributed by atoms with van der Waals surface area (Å²) in [4.78, 5) is 12.9. The van der Waals surface area contributed by atoms with Crippen LogP contribution in [-0.4, -0.2) is 37.8 Å². The second kappa shape index (κ2) is 8.37. The molecule has 2 heterocycles. The van der Waals surface area contributed by atoms with Crippen molar-refractivity contribution in [2.45, 2.75) is 37.1 Å². The van der Waals surface area contributed by atoms with Crippen molar-refractivity contribution in [1.82, 2.24) is 4.31 Å². The average molecular weight is 410 g/mol. The molecule has 27 heavy (non-hydrogen) atoms. The van der Waals surface area contributed by atoms with Crippen LogP contribution < -0.4 is 4.90 Å². The van der Waals surface area contributed by atoms with E-state index in [0.717, 1.165) is 31.2 Å². The van der Waals surface area contributed by atoms with Gasteiger partial charge in [-0.2, -0.15) is 15.6 Å². The minimum Gasteiger partial charge on any atom is -0.365 e. The van der Waals surface area contributed by atoms with Gasteiger partial charge in [0.05, 0.1) is 9.82 Å². The Bertz CT molecular complexity index is 889. The molecule has 146 valence electrons. The molecule has 7 nitrogen and oxygen atoms in total. The van der Waals surface area contributed by atoms with Crippen LogP contribution in [-0.2, 0) is 16.6 Å². The summed E-state index contributed by atoms with van der Waals surface area (Å²) in [6.07, 6.45) is 3.67. The molecule has 9 heteroatoms. The molecule has 0 atom stereocenters. The van der Waals surface area contributed by atoms with Gasteiger partial charge < -0.3 is 4.90 Å². The maximum atomic E-state index is 12.9. The second-order valence-corrected chi connectivity index (χ2v) is 9.43. The number of benzene rings is 1. The summed E-state index contributed by atoms with van der Waals surface area (Å²) >= 11 is 1.57. The van der Waals surface area contributed by atoms with E-state index in [2.05, 4.69) is 0 Å². The van der Waals surface area contributed by atoms with Crippen molar-refractivity contribution < 1.29 is 13.3 Å². The van der Waals surface area contributed by atoms with Gasteiger partial charge in [-0.25, -0.2) is 8.42 Å². The van der Waals surface area contributed by atoms with Crippen LogP contribution in [0.3, 0.4) is 0 Å². The summed E-state index contributed by atoms with van der Waals surface area (Å²) in [5, 5.41) is 15.6. The maximum Gasteiger partial charge on any atom is 0.293 e. The molecule has 1 saturated heterocycles. The van der Waals surface area contributed by atoms with E-state index in [4.69, 9.17) is 0 Å². The lowest BCUT2D eigenvalue weighted by molar-refractivity contribution is -0.384. The van der Waals surface area contributed by atoms with Crippen molar-refractivity contribution in [1.29, 1.82) is 0 Å². The van der Waals surface area contributed by atoms with Gasteiger partial charge in [0.1, 0.15) is 5.69 Å². The Balaban J connectivity index is 1.92. The minimum atomic E-state index is -3.72. The Kier molecular flexibility index (Phi) is 6.13. The number of hydrogen-bond acceptors (Lipinski definition) is 6. The first-order valence-electron chi connectivity index (χ1n) is 8.90. The minimum absolute atomic E-state index is 0.0104. The van der Waals surface area contributed by atoms with E-state index in [1.165, 1.54) is 22.5 Å². The molecule has 0 amide bonds. The van der Waals surface area contributed by atoms with Gasteiger partial charge in [0.2, 0.25) is 10.0 Å². The van der Waals surface area contributed by atoms with Gasteiger partial charge in [-0.15, -0.1) is 0 Å². The first-order valence-corrected chi connectivity index (χ1v) is 11.3. The Morgan fingerprint density at radius 1 is 1.19 bits per heavy atom. The van der Waals surface area contributed by atoms with Crippen LogP contribution in [0, 0.1) is 10.1 Å². The number of nitrogens with zero attached hydrogens (tertiary/aromatic N) is 3. The van der Waals surface area contributed by atoms with E-state index in [1.807, 2.05) is 16.8 Å². The number of nitro groups is 1. The standard InChI is InChI=1S/C18H23N3O4S2/c1-19(13-15-8-11-26-14-15)17-7-6-16(12-18(17)21(22)23)27(24,25)20-9-4-2-3-5-10-20/h6-8,11-12,14H,2-5,9-10,13H2,1H3. The molecular weight excluding hydrogens is 386 g/mol. The van der Waals surface area contributed by atoms with Crippen molar-refractivity contribution in [3.8, 4) is 0 Å². The highest BCUT2D eigenvalue weighted by molar-refractivity contribution is 7.89. The largest absolute Gasteiger partial charge is 0.365 e. The van der Waals surface area contributed by atoms with Crippen molar-refractivity contribution in [2.75, 3.05) is 25.0 Å². The molecule has 1 fully saturated rings. The normalized spacial score (nSPS) is 16.0. The summed E-state index contributed by atoms with van der Waals surface area (Å²) in [5.41, 5.74) is 1.27. The zero-order chi connectivity index (χ0) is 19.4. The van der Waals surface area contributed by atoms with Gasteiger partial charge in [0.15, 0.2) is 0 Å². The predicted octanol–water partition coefficient (Wildman–Crippen LogP) is 3.86. The number of nitro benzene ring substituents is 1. The summed E-state index contributed by atoms with van der Waals surface area (Å²) in [7, 11) is -1.95. The molecule has 1 aliphatic heterocycles. The average Bonchev–Trinajstić information content (AvgIpc) is 2.99. The van der Waals surface area contributed by atoms with Gasteiger partial charge in [-0.1, -0.05) is 12.8 Å². The highest BCUT2D eigenvalue weighted by atomic mass is 32.2. The molecular formula is C18H23N3O4S2. The topological polar surface area (TPSA) is 83.8 Å². The highest BCUT2D eigenvalue weighted by Crippen LogP contribution is 2.32. The number of sulfonamides is 1. The monoisotopic (exact) mass is 409 g/mol. The van der Waals surface area contributed by atoms with Crippen LogP contribution in [0.4, 0.5) is 11.4 Å². The van der Waals surface area contributed by atoms with Crippen molar-refractivity contribution in [3.63, 3.8) is 0 Å². The summed E-state index contributed by atoms with van der Waals surface area (Å²) in [6.45, 7) is 1.45. The van der Waals surface area contributed by atoms with Gasteiger partial charge >= 0.3 is 0 Å². The van der Waals surface area contributed by atoms with E-state index in [0.29, 0.717) is 25.3 Å². The molecule has 1 aromatic heterocycles. The molecule has 0 aliphatic carbocycles. The van der Waals surface area contributed by atoms with Gasteiger partial charge in [0.25, 0.3) is 5.69 Å². The van der Waals surface area contributed by atoms with Crippen molar-refractivity contribution in [2.24, 2.45) is 0 Å². The van der Waals surface area contributed by atoms with E-state index in [-0.39, 0.29) is 10.6 Å². The fraction of sp³-hybridized carbons (Fsp3) is 0.444. The highest BCUT2D eigenvalue weighted by Gasteiger charge is 2.28. The van der Waals surface area contributed by atoms with Gasteiger partial charge in [-0.05, 0) is 47.4 Å². The van der Waals surface area contributed by atoms with E-state index in [1.54, 1.807) is 23.3 Å².